The van der Waals surface area contributed by atoms with E-state index in [4.69, 9.17) is 4.74 Å². The number of hydrogen-bond acceptors (Lipinski definition) is 3. The molecule has 4 heteroatoms. The molecule has 0 unspecified atom stereocenters. The van der Waals surface area contributed by atoms with Crippen LogP contribution in [0, 0.1) is 20.8 Å². The molecule has 1 rings (SSSR count). The van der Waals surface area contributed by atoms with Gasteiger partial charge in [0, 0.05) is 20.2 Å². The van der Waals surface area contributed by atoms with Crippen molar-refractivity contribution in [1.82, 2.24) is 10.6 Å². The number of hydrogen-bond donors (Lipinski definition) is 2. The quantitative estimate of drug-likeness (QED) is 0.733. The van der Waals surface area contributed by atoms with Gasteiger partial charge < -0.3 is 15.4 Å². The average Bonchev–Trinajstić information content (AvgIpc) is 2.33. The van der Waals surface area contributed by atoms with Gasteiger partial charge in [-0.3, -0.25) is 4.79 Å². The normalized spacial score (nSPS) is 10.5. The van der Waals surface area contributed by atoms with Gasteiger partial charge in [0.05, 0.1) is 13.2 Å². The van der Waals surface area contributed by atoms with Crippen molar-refractivity contribution in [2.24, 2.45) is 0 Å². The van der Waals surface area contributed by atoms with Gasteiger partial charge in [-0.25, -0.2) is 0 Å². The third-order valence-corrected chi connectivity index (χ3v) is 3.07. The zero-order chi connectivity index (χ0) is 14.3. The van der Waals surface area contributed by atoms with E-state index in [-0.39, 0.29) is 5.91 Å². The molecule has 0 fully saturated rings. The summed E-state index contributed by atoms with van der Waals surface area (Å²) in [5.74, 6) is 0.00970. The Morgan fingerprint density at radius 3 is 2.42 bits per heavy atom. The Hall–Kier alpha value is -1.39. The van der Waals surface area contributed by atoms with E-state index in [9.17, 15) is 4.79 Å². The van der Waals surface area contributed by atoms with Crippen molar-refractivity contribution in [3.8, 4) is 0 Å². The van der Waals surface area contributed by atoms with E-state index in [0.717, 1.165) is 0 Å². The first-order chi connectivity index (χ1) is 9.04. The van der Waals surface area contributed by atoms with Gasteiger partial charge in [0.25, 0.3) is 0 Å². The Morgan fingerprint density at radius 1 is 1.21 bits per heavy atom. The Bertz CT molecular complexity index is 407. The van der Waals surface area contributed by atoms with E-state index in [1.54, 1.807) is 7.11 Å². The Morgan fingerprint density at radius 2 is 1.84 bits per heavy atom. The second-order valence-electron chi connectivity index (χ2n) is 4.82. The predicted molar refractivity (Wildman–Crippen MR) is 77.2 cm³/mol. The maximum Gasteiger partial charge on any atom is 0.234 e. The lowest BCUT2D eigenvalue weighted by Crippen LogP contribution is -2.35. The molecule has 0 spiro atoms. The van der Waals surface area contributed by atoms with Gasteiger partial charge in [-0.1, -0.05) is 17.7 Å². The summed E-state index contributed by atoms with van der Waals surface area (Å²) in [5, 5.41) is 5.96. The average molecular weight is 264 g/mol. The lowest BCUT2D eigenvalue weighted by atomic mass is 10.00. The molecule has 2 N–H and O–H groups in total. The number of methoxy groups -OCH3 is 1. The standard InChI is InChI=1S/C15H24N2O2/c1-11-7-12(2)14(13(3)8-11)9-17-15(18)10-16-5-6-19-4/h7-8,16H,5-6,9-10H2,1-4H3,(H,17,18). The molecule has 0 aromatic heterocycles. The van der Waals surface area contributed by atoms with E-state index in [1.807, 2.05) is 0 Å². The molecule has 0 radical (unpaired) electrons. The van der Waals surface area contributed by atoms with E-state index in [2.05, 4.69) is 43.5 Å². The molecule has 1 aromatic carbocycles. The Balaban J connectivity index is 2.42. The number of carbonyl (C=O) groups excluding carboxylic acids is 1. The molecule has 4 nitrogen and oxygen atoms in total. The maximum absolute atomic E-state index is 11.7. The van der Waals surface area contributed by atoms with E-state index >= 15 is 0 Å². The van der Waals surface area contributed by atoms with E-state index in [0.29, 0.717) is 26.2 Å². The molecule has 0 aliphatic carbocycles. The highest BCUT2D eigenvalue weighted by Gasteiger charge is 2.06. The molecule has 1 aromatic rings. The van der Waals surface area contributed by atoms with Gasteiger partial charge in [0.2, 0.25) is 5.91 Å². The van der Waals surface area contributed by atoms with Crippen molar-refractivity contribution in [2.45, 2.75) is 27.3 Å². The van der Waals surface area contributed by atoms with Crippen LogP contribution in [-0.4, -0.2) is 32.7 Å². The second-order valence-corrected chi connectivity index (χ2v) is 4.82. The first-order valence-electron chi connectivity index (χ1n) is 6.57. The Labute approximate surface area is 115 Å². The minimum absolute atomic E-state index is 0.00970. The monoisotopic (exact) mass is 264 g/mol. The van der Waals surface area contributed by atoms with Crippen molar-refractivity contribution >= 4 is 5.91 Å². The van der Waals surface area contributed by atoms with Crippen molar-refractivity contribution in [1.29, 1.82) is 0 Å². The molecule has 0 aliphatic heterocycles. The number of rotatable bonds is 7. The zero-order valence-electron chi connectivity index (χ0n) is 12.3. The number of benzene rings is 1. The zero-order valence-corrected chi connectivity index (χ0v) is 12.3. The van der Waals surface area contributed by atoms with Crippen molar-refractivity contribution < 1.29 is 9.53 Å². The topological polar surface area (TPSA) is 50.4 Å². The summed E-state index contributed by atoms with van der Waals surface area (Å²) >= 11 is 0. The van der Waals surface area contributed by atoms with Gasteiger partial charge in [-0.15, -0.1) is 0 Å². The van der Waals surface area contributed by atoms with Gasteiger partial charge >= 0.3 is 0 Å². The van der Waals surface area contributed by atoms with Crippen LogP contribution in [0.1, 0.15) is 22.3 Å². The highest BCUT2D eigenvalue weighted by Crippen LogP contribution is 2.15. The number of amides is 1. The molecule has 0 atom stereocenters. The van der Waals surface area contributed by atoms with Crippen LogP contribution in [0.2, 0.25) is 0 Å². The summed E-state index contributed by atoms with van der Waals surface area (Å²) in [7, 11) is 1.64. The third-order valence-electron chi connectivity index (χ3n) is 3.07. The molecule has 106 valence electrons. The van der Waals surface area contributed by atoms with Gasteiger partial charge in [-0.2, -0.15) is 0 Å². The van der Waals surface area contributed by atoms with Crippen molar-refractivity contribution in [3.05, 3.63) is 34.4 Å². The van der Waals surface area contributed by atoms with E-state index < -0.39 is 0 Å². The molecular formula is C15H24N2O2. The molecule has 0 heterocycles. The minimum Gasteiger partial charge on any atom is -0.383 e. The van der Waals surface area contributed by atoms with Crippen LogP contribution in [0.3, 0.4) is 0 Å². The number of nitrogens with one attached hydrogen (secondary N) is 2. The van der Waals surface area contributed by atoms with Crippen LogP contribution in [0.15, 0.2) is 12.1 Å². The van der Waals surface area contributed by atoms with E-state index in [1.165, 1.54) is 22.3 Å². The third kappa shape index (κ3) is 5.41. The van der Waals surface area contributed by atoms with Crippen LogP contribution in [-0.2, 0) is 16.1 Å². The number of aryl methyl sites for hydroxylation is 3. The fourth-order valence-corrected chi connectivity index (χ4v) is 2.11. The number of ether oxygens (including phenoxy) is 1. The van der Waals surface area contributed by atoms with Crippen molar-refractivity contribution in [2.75, 3.05) is 26.8 Å². The summed E-state index contributed by atoms with van der Waals surface area (Å²) in [5.41, 5.74) is 4.91. The summed E-state index contributed by atoms with van der Waals surface area (Å²) in [6.45, 7) is 8.46. The van der Waals surface area contributed by atoms with Crippen LogP contribution in [0.25, 0.3) is 0 Å². The molecular weight excluding hydrogens is 240 g/mol. The maximum atomic E-state index is 11.7. The van der Waals surface area contributed by atoms with Gasteiger partial charge in [0.1, 0.15) is 0 Å². The van der Waals surface area contributed by atoms with Crippen molar-refractivity contribution in [3.63, 3.8) is 0 Å². The summed E-state index contributed by atoms with van der Waals surface area (Å²) in [4.78, 5) is 11.7. The minimum atomic E-state index is 0.00970. The summed E-state index contributed by atoms with van der Waals surface area (Å²) in [6, 6.07) is 4.29. The highest BCUT2D eigenvalue weighted by molar-refractivity contribution is 5.78. The number of carbonyl (C=O) groups is 1. The van der Waals surface area contributed by atoms with Crippen LogP contribution < -0.4 is 10.6 Å². The largest absolute Gasteiger partial charge is 0.383 e. The molecule has 0 saturated heterocycles. The summed E-state index contributed by atoms with van der Waals surface area (Å²) < 4.78 is 4.90. The molecule has 0 aliphatic rings. The molecule has 0 saturated carbocycles. The first kappa shape index (κ1) is 15.7. The van der Waals surface area contributed by atoms with Crippen LogP contribution >= 0.6 is 0 Å². The smallest absolute Gasteiger partial charge is 0.234 e. The molecule has 1 amide bonds. The SMILES string of the molecule is COCCNCC(=O)NCc1c(C)cc(C)cc1C. The first-order valence-corrected chi connectivity index (χ1v) is 6.57. The molecule has 0 bridgehead atoms. The second kappa shape index (κ2) is 7.92. The fourth-order valence-electron chi connectivity index (χ4n) is 2.11. The van der Waals surface area contributed by atoms with Crippen LogP contribution in [0.5, 0.6) is 0 Å². The fraction of sp³-hybridized carbons (Fsp3) is 0.533. The lowest BCUT2D eigenvalue weighted by Gasteiger charge is -2.12. The lowest BCUT2D eigenvalue weighted by molar-refractivity contribution is -0.120. The van der Waals surface area contributed by atoms with Gasteiger partial charge in [0.15, 0.2) is 0 Å². The predicted octanol–water partition coefficient (Wildman–Crippen LogP) is 1.46. The Kier molecular flexibility index (Phi) is 6.53. The highest BCUT2D eigenvalue weighted by atomic mass is 16.5. The summed E-state index contributed by atoms with van der Waals surface area (Å²) in [6.07, 6.45) is 0. The van der Waals surface area contributed by atoms with Gasteiger partial charge in [-0.05, 0) is 37.5 Å². The molecule has 19 heavy (non-hydrogen) atoms. The van der Waals surface area contributed by atoms with Crippen LogP contribution in [0.4, 0.5) is 0 Å².